The number of rotatable bonds is 7. The molecule has 2 aromatic carbocycles. The van der Waals surface area contributed by atoms with Gasteiger partial charge in [0.25, 0.3) is 0 Å². The van der Waals surface area contributed by atoms with Crippen LogP contribution >= 0.6 is 23.2 Å². The van der Waals surface area contributed by atoms with E-state index in [1.165, 1.54) is 6.07 Å². The third-order valence-electron chi connectivity index (χ3n) is 7.87. The van der Waals surface area contributed by atoms with E-state index in [9.17, 15) is 14.0 Å². The summed E-state index contributed by atoms with van der Waals surface area (Å²) in [5.41, 5.74) is 1.12. The second-order valence-corrected chi connectivity index (χ2v) is 11.1. The molecule has 6 rings (SSSR count). The van der Waals surface area contributed by atoms with Crippen molar-refractivity contribution in [1.82, 2.24) is 15.5 Å². The molecule has 3 heterocycles. The summed E-state index contributed by atoms with van der Waals surface area (Å²) in [4.78, 5) is 29.4. The van der Waals surface area contributed by atoms with E-state index in [4.69, 9.17) is 23.2 Å². The number of carbonyl (C=O) groups is 2. The number of nitrogens with zero attached hydrogens (tertiary/aromatic N) is 1. The first kappa shape index (κ1) is 24.5. The normalized spacial score (nSPS) is 25.1. The standard InChI is InChI=1S/C27H30Cl2FN3O2/c1-16-2-3-18(22(30)12-16)13-23(25(34)31-24-15-33-10-6-17(24)7-11-33)32-26(35)27(8-9-27)20-5-4-19(28)14-21(20)29/h2-5,12,14,17,23-24H,6-11,13,15H2,1H3,(H,31,34)(H,32,35). The van der Waals surface area contributed by atoms with E-state index in [1.54, 1.807) is 24.3 Å². The molecular formula is C27H30Cl2FN3O2. The van der Waals surface area contributed by atoms with Crippen molar-refractivity contribution >= 4 is 35.0 Å². The van der Waals surface area contributed by atoms with Crippen molar-refractivity contribution in [2.75, 3.05) is 19.6 Å². The summed E-state index contributed by atoms with van der Waals surface area (Å²) in [7, 11) is 0. The van der Waals surface area contributed by atoms with Crippen LogP contribution in [0, 0.1) is 18.7 Å². The Morgan fingerprint density at radius 3 is 2.49 bits per heavy atom. The Labute approximate surface area is 215 Å². The summed E-state index contributed by atoms with van der Waals surface area (Å²) < 4.78 is 14.7. The zero-order valence-corrected chi connectivity index (χ0v) is 21.3. The van der Waals surface area contributed by atoms with Gasteiger partial charge in [-0.3, -0.25) is 9.59 Å². The van der Waals surface area contributed by atoms with E-state index < -0.39 is 11.5 Å². The second kappa shape index (κ2) is 9.72. The number of hydrogen-bond acceptors (Lipinski definition) is 3. The van der Waals surface area contributed by atoms with Crippen LogP contribution in [0.25, 0.3) is 0 Å². The van der Waals surface area contributed by atoms with Crippen LogP contribution in [0.15, 0.2) is 36.4 Å². The summed E-state index contributed by atoms with van der Waals surface area (Å²) in [6.07, 6.45) is 3.47. The third-order valence-corrected chi connectivity index (χ3v) is 8.42. The summed E-state index contributed by atoms with van der Waals surface area (Å²) in [6.45, 7) is 4.77. The predicted molar refractivity (Wildman–Crippen MR) is 135 cm³/mol. The topological polar surface area (TPSA) is 61.4 Å². The Morgan fingerprint density at radius 1 is 1.14 bits per heavy atom. The van der Waals surface area contributed by atoms with E-state index in [2.05, 4.69) is 15.5 Å². The van der Waals surface area contributed by atoms with Gasteiger partial charge in [0.2, 0.25) is 11.8 Å². The van der Waals surface area contributed by atoms with Gasteiger partial charge in [-0.15, -0.1) is 0 Å². The SMILES string of the molecule is Cc1ccc(CC(NC(=O)C2(c3ccc(Cl)cc3Cl)CC2)C(=O)NC2CN3CCC2CC3)c(F)c1. The van der Waals surface area contributed by atoms with Gasteiger partial charge in [-0.2, -0.15) is 0 Å². The average molecular weight is 518 g/mol. The number of benzene rings is 2. The van der Waals surface area contributed by atoms with Crippen LogP contribution in [0.4, 0.5) is 4.39 Å². The van der Waals surface area contributed by atoms with Crippen molar-refractivity contribution in [3.05, 3.63) is 69.0 Å². The number of aryl methyl sites for hydroxylation is 1. The van der Waals surface area contributed by atoms with Crippen molar-refractivity contribution < 1.29 is 14.0 Å². The summed E-state index contributed by atoms with van der Waals surface area (Å²) in [5, 5.41) is 7.07. The smallest absolute Gasteiger partial charge is 0.243 e. The lowest BCUT2D eigenvalue weighted by Gasteiger charge is -2.45. The third kappa shape index (κ3) is 5.07. The molecule has 0 radical (unpaired) electrons. The Bertz CT molecular complexity index is 1150. The molecule has 8 heteroatoms. The maximum Gasteiger partial charge on any atom is 0.243 e. The number of carbonyl (C=O) groups excluding carboxylic acids is 2. The first-order chi connectivity index (χ1) is 16.7. The number of hydrogen-bond donors (Lipinski definition) is 2. The van der Waals surface area contributed by atoms with Crippen LogP contribution in [0.1, 0.15) is 42.4 Å². The van der Waals surface area contributed by atoms with E-state index in [0.29, 0.717) is 39.9 Å². The van der Waals surface area contributed by atoms with Gasteiger partial charge < -0.3 is 15.5 Å². The van der Waals surface area contributed by atoms with Gasteiger partial charge in [0.15, 0.2) is 0 Å². The van der Waals surface area contributed by atoms with Crippen LogP contribution in [0.3, 0.4) is 0 Å². The lowest BCUT2D eigenvalue weighted by molar-refractivity contribution is -0.131. The van der Waals surface area contributed by atoms with Crippen molar-refractivity contribution in [2.24, 2.45) is 5.92 Å². The highest BCUT2D eigenvalue weighted by molar-refractivity contribution is 6.35. The molecule has 2 unspecified atom stereocenters. The molecule has 0 aromatic heterocycles. The van der Waals surface area contributed by atoms with Gasteiger partial charge in [0.05, 0.1) is 5.41 Å². The first-order valence-electron chi connectivity index (χ1n) is 12.3. The van der Waals surface area contributed by atoms with Crippen LogP contribution < -0.4 is 10.6 Å². The minimum absolute atomic E-state index is 0.0489. The zero-order chi connectivity index (χ0) is 24.7. The van der Waals surface area contributed by atoms with Crippen molar-refractivity contribution in [3.63, 3.8) is 0 Å². The van der Waals surface area contributed by atoms with Gasteiger partial charge in [0, 0.05) is 29.1 Å². The monoisotopic (exact) mass is 517 g/mol. The van der Waals surface area contributed by atoms with Crippen molar-refractivity contribution in [2.45, 2.75) is 56.5 Å². The summed E-state index contributed by atoms with van der Waals surface area (Å²) in [5.74, 6) is -0.459. The number of halogens is 3. The lowest BCUT2D eigenvalue weighted by atomic mass is 9.84. The van der Waals surface area contributed by atoms with Crippen LogP contribution in [0.5, 0.6) is 0 Å². The average Bonchev–Trinajstić information content (AvgIpc) is 3.63. The largest absolute Gasteiger partial charge is 0.350 e. The number of piperidine rings is 3. The van der Waals surface area contributed by atoms with Crippen LogP contribution in [-0.2, 0) is 21.4 Å². The summed E-state index contributed by atoms with van der Waals surface area (Å²) >= 11 is 12.5. The molecule has 4 fully saturated rings. The van der Waals surface area contributed by atoms with Gasteiger partial charge in [-0.1, -0.05) is 41.4 Å². The molecule has 35 heavy (non-hydrogen) atoms. The highest BCUT2D eigenvalue weighted by atomic mass is 35.5. The van der Waals surface area contributed by atoms with Gasteiger partial charge in [-0.05, 0) is 86.5 Å². The Balaban J connectivity index is 1.37. The van der Waals surface area contributed by atoms with Crippen LogP contribution in [0.2, 0.25) is 10.0 Å². The highest BCUT2D eigenvalue weighted by Gasteiger charge is 2.53. The highest BCUT2D eigenvalue weighted by Crippen LogP contribution is 2.51. The fraction of sp³-hybridized carbons (Fsp3) is 0.481. The van der Waals surface area contributed by atoms with E-state index in [-0.39, 0.29) is 30.1 Å². The molecule has 3 aliphatic heterocycles. The molecule has 5 nitrogen and oxygen atoms in total. The second-order valence-electron chi connectivity index (χ2n) is 10.3. The molecule has 2 bridgehead atoms. The molecule has 0 spiro atoms. The van der Waals surface area contributed by atoms with E-state index in [1.807, 2.05) is 13.0 Å². The quantitative estimate of drug-likeness (QED) is 0.571. The molecule has 1 saturated carbocycles. The fourth-order valence-corrected chi connectivity index (χ4v) is 6.17. The Kier molecular flexibility index (Phi) is 6.81. The Morgan fingerprint density at radius 2 is 1.89 bits per heavy atom. The van der Waals surface area contributed by atoms with Gasteiger partial charge in [-0.25, -0.2) is 4.39 Å². The fourth-order valence-electron chi connectivity index (χ4n) is 5.58. The van der Waals surface area contributed by atoms with Crippen molar-refractivity contribution in [1.29, 1.82) is 0 Å². The maximum absolute atomic E-state index is 14.7. The molecule has 2 amide bonds. The molecule has 3 saturated heterocycles. The lowest BCUT2D eigenvalue weighted by Crippen LogP contribution is -2.60. The maximum atomic E-state index is 14.7. The first-order valence-corrected chi connectivity index (χ1v) is 13.0. The van der Waals surface area contributed by atoms with E-state index >= 15 is 0 Å². The minimum atomic E-state index is -0.890. The van der Waals surface area contributed by atoms with E-state index in [0.717, 1.165) is 38.0 Å². The van der Waals surface area contributed by atoms with Crippen molar-refractivity contribution in [3.8, 4) is 0 Å². The van der Waals surface area contributed by atoms with Crippen LogP contribution in [-0.4, -0.2) is 48.4 Å². The zero-order valence-electron chi connectivity index (χ0n) is 19.8. The molecule has 2 atom stereocenters. The molecule has 2 N–H and O–H groups in total. The van der Waals surface area contributed by atoms with Gasteiger partial charge >= 0.3 is 0 Å². The molecule has 4 aliphatic rings. The number of amides is 2. The Hall–Kier alpha value is -2.15. The molecule has 1 aliphatic carbocycles. The number of nitrogens with one attached hydrogen (secondary N) is 2. The molecule has 186 valence electrons. The molecular weight excluding hydrogens is 488 g/mol. The minimum Gasteiger partial charge on any atom is -0.350 e. The molecule has 2 aromatic rings. The summed E-state index contributed by atoms with van der Waals surface area (Å²) in [6, 6.07) is 9.24. The number of fused-ring (bicyclic) bond motifs is 3. The van der Waals surface area contributed by atoms with Gasteiger partial charge in [0.1, 0.15) is 11.9 Å². The predicted octanol–water partition coefficient (Wildman–Crippen LogP) is 4.41.